The van der Waals surface area contributed by atoms with Crippen molar-refractivity contribution in [1.82, 2.24) is 0 Å². The maximum atomic E-state index is 13.1. The summed E-state index contributed by atoms with van der Waals surface area (Å²) in [6.45, 7) is 5.58. The van der Waals surface area contributed by atoms with Gasteiger partial charge in [-0.15, -0.1) is 0 Å². The van der Waals surface area contributed by atoms with Gasteiger partial charge >= 0.3 is 0 Å². The van der Waals surface area contributed by atoms with E-state index in [1.165, 1.54) is 4.90 Å². The Morgan fingerprint density at radius 3 is 2.44 bits per heavy atom. The van der Waals surface area contributed by atoms with Crippen LogP contribution in [0.5, 0.6) is 0 Å². The Bertz CT molecular complexity index is 819. The number of rotatable bonds is 2. The molecule has 2 saturated heterocycles. The molecule has 0 radical (unpaired) electrons. The maximum absolute atomic E-state index is 13.1. The van der Waals surface area contributed by atoms with Crippen LogP contribution in [0, 0.1) is 0 Å². The van der Waals surface area contributed by atoms with E-state index in [0.717, 1.165) is 28.8 Å². The molecule has 25 heavy (non-hydrogen) atoms. The molecule has 0 spiro atoms. The second-order valence-corrected chi connectivity index (χ2v) is 7.15. The highest BCUT2D eigenvalue weighted by Crippen LogP contribution is 2.30. The Labute approximate surface area is 147 Å². The summed E-state index contributed by atoms with van der Waals surface area (Å²) in [5, 5.41) is 1.97. The standard InChI is InChI=1S/C20H22N2O3/c1-13-11-21(12-14(2)25-13)18-10-19(23)22(20(18)24)17-9-5-7-15-6-3-4-8-16(15)17/h3-9,13-14,18H,10-12H2,1-2H3/p+1/t13-,14-,18+/m1/s1. The van der Waals surface area contributed by atoms with E-state index in [0.29, 0.717) is 5.69 Å². The Morgan fingerprint density at radius 2 is 1.68 bits per heavy atom. The summed E-state index contributed by atoms with van der Waals surface area (Å²) in [6, 6.07) is 13.3. The van der Waals surface area contributed by atoms with Crippen molar-refractivity contribution < 1.29 is 19.2 Å². The van der Waals surface area contributed by atoms with E-state index in [1.807, 2.05) is 56.3 Å². The van der Waals surface area contributed by atoms with Crippen molar-refractivity contribution in [3.05, 3.63) is 42.5 Å². The monoisotopic (exact) mass is 339 g/mol. The lowest BCUT2D eigenvalue weighted by Crippen LogP contribution is -3.19. The summed E-state index contributed by atoms with van der Waals surface area (Å²) in [5.74, 6) is -0.191. The van der Waals surface area contributed by atoms with E-state index < -0.39 is 0 Å². The molecule has 5 nitrogen and oxygen atoms in total. The average molecular weight is 339 g/mol. The third-order valence-electron chi connectivity index (χ3n) is 5.21. The number of nitrogens with zero attached hydrogens (tertiary/aromatic N) is 1. The van der Waals surface area contributed by atoms with Crippen LogP contribution in [-0.2, 0) is 14.3 Å². The van der Waals surface area contributed by atoms with E-state index in [9.17, 15) is 9.59 Å². The van der Waals surface area contributed by atoms with Gasteiger partial charge in [-0.3, -0.25) is 9.59 Å². The zero-order valence-corrected chi connectivity index (χ0v) is 14.6. The van der Waals surface area contributed by atoms with Crippen molar-refractivity contribution in [1.29, 1.82) is 0 Å². The molecule has 2 aromatic rings. The number of imide groups is 1. The highest BCUT2D eigenvalue weighted by Gasteiger charge is 2.47. The predicted molar refractivity (Wildman–Crippen MR) is 95.6 cm³/mol. The van der Waals surface area contributed by atoms with Gasteiger partial charge in [-0.05, 0) is 25.3 Å². The third kappa shape index (κ3) is 2.83. The first kappa shape index (κ1) is 16.2. The topological polar surface area (TPSA) is 51.0 Å². The Morgan fingerprint density at radius 1 is 1.00 bits per heavy atom. The smallest absolute Gasteiger partial charge is 0.292 e. The van der Waals surface area contributed by atoms with Crippen LogP contribution in [0.3, 0.4) is 0 Å². The molecule has 0 bridgehead atoms. The number of quaternary nitrogens is 1. The fourth-order valence-corrected chi connectivity index (χ4v) is 4.21. The number of anilines is 1. The number of hydrogen-bond acceptors (Lipinski definition) is 3. The van der Waals surface area contributed by atoms with Crippen molar-refractivity contribution in [2.75, 3.05) is 18.0 Å². The first-order chi connectivity index (χ1) is 12.0. The van der Waals surface area contributed by atoms with Gasteiger partial charge in [0.2, 0.25) is 5.91 Å². The number of ether oxygens (including phenoxy) is 1. The molecule has 5 heteroatoms. The molecule has 0 unspecified atom stereocenters. The minimum Gasteiger partial charge on any atom is -0.364 e. The van der Waals surface area contributed by atoms with Crippen molar-refractivity contribution >= 4 is 28.3 Å². The number of morpholine rings is 1. The van der Waals surface area contributed by atoms with E-state index in [1.54, 1.807) is 0 Å². The third-order valence-corrected chi connectivity index (χ3v) is 5.21. The van der Waals surface area contributed by atoms with E-state index in [-0.39, 0.29) is 36.5 Å². The van der Waals surface area contributed by atoms with Crippen molar-refractivity contribution in [3.63, 3.8) is 0 Å². The van der Waals surface area contributed by atoms with Gasteiger partial charge in [0.1, 0.15) is 25.3 Å². The van der Waals surface area contributed by atoms with Crippen molar-refractivity contribution in [2.24, 2.45) is 0 Å². The molecule has 3 atom stereocenters. The number of amides is 2. The lowest BCUT2D eigenvalue weighted by Gasteiger charge is -2.34. The average Bonchev–Trinajstić information content (AvgIpc) is 2.88. The fraction of sp³-hybridized carbons (Fsp3) is 0.400. The molecule has 2 aromatic carbocycles. The second kappa shape index (κ2) is 6.24. The highest BCUT2D eigenvalue weighted by molar-refractivity contribution is 6.24. The van der Waals surface area contributed by atoms with E-state index in [2.05, 4.69) is 0 Å². The van der Waals surface area contributed by atoms with Crippen LogP contribution >= 0.6 is 0 Å². The Hall–Kier alpha value is -2.24. The van der Waals surface area contributed by atoms with Crippen LogP contribution in [0.2, 0.25) is 0 Å². The molecule has 4 rings (SSSR count). The van der Waals surface area contributed by atoms with Gasteiger partial charge in [0.05, 0.1) is 12.1 Å². The molecule has 0 aliphatic carbocycles. The normalized spacial score (nSPS) is 30.2. The van der Waals surface area contributed by atoms with E-state index in [4.69, 9.17) is 4.74 Å². The molecule has 0 saturated carbocycles. The van der Waals surface area contributed by atoms with Gasteiger partial charge in [-0.2, -0.15) is 0 Å². The van der Waals surface area contributed by atoms with Crippen LogP contribution in [-0.4, -0.2) is 43.2 Å². The lowest BCUT2D eigenvalue weighted by atomic mass is 10.1. The van der Waals surface area contributed by atoms with Crippen LogP contribution in [0.1, 0.15) is 20.3 Å². The highest BCUT2D eigenvalue weighted by atomic mass is 16.5. The molecule has 2 aliphatic rings. The molecule has 130 valence electrons. The van der Waals surface area contributed by atoms with Crippen molar-refractivity contribution in [3.8, 4) is 0 Å². The first-order valence-electron chi connectivity index (χ1n) is 8.89. The summed E-state index contributed by atoms with van der Waals surface area (Å²) in [7, 11) is 0. The predicted octanol–water partition coefficient (Wildman–Crippen LogP) is 1.16. The number of fused-ring (bicyclic) bond motifs is 1. The molecule has 0 aromatic heterocycles. The van der Waals surface area contributed by atoms with Gasteiger partial charge in [0, 0.05) is 5.39 Å². The zero-order chi connectivity index (χ0) is 17.6. The van der Waals surface area contributed by atoms with Gasteiger partial charge in [-0.25, -0.2) is 4.90 Å². The number of hydrogen-bond donors (Lipinski definition) is 1. The second-order valence-electron chi connectivity index (χ2n) is 7.15. The Kier molecular flexibility index (Phi) is 4.06. The van der Waals surface area contributed by atoms with Gasteiger partial charge in [-0.1, -0.05) is 36.4 Å². The van der Waals surface area contributed by atoms with Crippen LogP contribution in [0.4, 0.5) is 5.69 Å². The summed E-state index contributed by atoms with van der Waals surface area (Å²) < 4.78 is 5.78. The molecule has 2 amide bonds. The maximum Gasteiger partial charge on any atom is 0.292 e. The van der Waals surface area contributed by atoms with Gasteiger partial charge in [0.15, 0.2) is 6.04 Å². The number of benzene rings is 2. The van der Waals surface area contributed by atoms with E-state index >= 15 is 0 Å². The minimum atomic E-state index is -0.305. The quantitative estimate of drug-likeness (QED) is 0.836. The molecule has 2 heterocycles. The Balaban J connectivity index is 1.67. The zero-order valence-electron chi connectivity index (χ0n) is 14.6. The molecule has 2 aliphatic heterocycles. The molecule has 2 fully saturated rings. The number of carbonyl (C=O) groups excluding carboxylic acids is 2. The van der Waals surface area contributed by atoms with Crippen molar-refractivity contribution in [2.45, 2.75) is 38.5 Å². The summed E-state index contributed by atoms with van der Waals surface area (Å²) in [6.07, 6.45) is 0.484. The molecule has 1 N–H and O–H groups in total. The number of carbonyl (C=O) groups is 2. The summed E-state index contributed by atoms with van der Waals surface area (Å²) >= 11 is 0. The molecular weight excluding hydrogens is 316 g/mol. The molecular formula is C20H23N2O3+. The largest absolute Gasteiger partial charge is 0.364 e. The lowest BCUT2D eigenvalue weighted by molar-refractivity contribution is -0.929. The van der Waals surface area contributed by atoms with Crippen LogP contribution < -0.4 is 9.80 Å². The van der Waals surface area contributed by atoms with Crippen LogP contribution in [0.15, 0.2) is 42.5 Å². The first-order valence-corrected chi connectivity index (χ1v) is 8.89. The fourth-order valence-electron chi connectivity index (χ4n) is 4.21. The van der Waals surface area contributed by atoms with Gasteiger partial charge in [0.25, 0.3) is 5.91 Å². The van der Waals surface area contributed by atoms with Gasteiger partial charge < -0.3 is 9.64 Å². The number of nitrogens with one attached hydrogen (secondary N) is 1. The van der Waals surface area contributed by atoms with Crippen LogP contribution in [0.25, 0.3) is 10.8 Å². The summed E-state index contributed by atoms with van der Waals surface area (Å²) in [5.41, 5.74) is 0.698. The SMILES string of the molecule is C[C@@H]1C[NH+]([C@H]2CC(=O)N(c3cccc4ccccc34)C2=O)C[C@@H](C)O1. The minimum absolute atomic E-state index is 0.0855. The summed E-state index contributed by atoms with van der Waals surface area (Å²) in [4.78, 5) is 28.4.